The average Bonchev–Trinajstić information content (AvgIpc) is 2.30. The number of rotatable bonds is 2. The average molecular weight is 248 g/mol. The summed E-state index contributed by atoms with van der Waals surface area (Å²) in [6.45, 7) is 0. The summed E-state index contributed by atoms with van der Waals surface area (Å²) in [6, 6.07) is 8.21. The molecule has 0 atom stereocenters. The van der Waals surface area contributed by atoms with Gasteiger partial charge in [0.05, 0.1) is 11.3 Å². The second-order valence-electron chi connectivity index (χ2n) is 3.58. The zero-order valence-electron chi connectivity index (χ0n) is 9.05. The fourth-order valence-electron chi connectivity index (χ4n) is 1.50. The van der Waals surface area contributed by atoms with E-state index in [4.69, 9.17) is 5.26 Å². The molecule has 2 rings (SSSR count). The molecule has 2 aromatic carbocycles. The van der Waals surface area contributed by atoms with E-state index in [0.29, 0.717) is 0 Å². The lowest BCUT2D eigenvalue weighted by molar-refractivity contribution is 0.584. The van der Waals surface area contributed by atoms with Crippen molar-refractivity contribution in [3.63, 3.8) is 0 Å². The summed E-state index contributed by atoms with van der Waals surface area (Å²) in [5.41, 5.74) is 0.485. The van der Waals surface area contributed by atoms with Gasteiger partial charge in [-0.25, -0.2) is 13.2 Å². The number of benzene rings is 2. The normalized spacial score (nSPS) is 9.89. The summed E-state index contributed by atoms with van der Waals surface area (Å²) in [5.74, 6) is -2.03. The van der Waals surface area contributed by atoms with Crippen LogP contribution in [0.4, 0.5) is 24.5 Å². The molecule has 0 unspecified atom stereocenters. The van der Waals surface area contributed by atoms with Crippen molar-refractivity contribution in [1.82, 2.24) is 0 Å². The van der Waals surface area contributed by atoms with E-state index >= 15 is 0 Å². The summed E-state index contributed by atoms with van der Waals surface area (Å²) >= 11 is 0. The van der Waals surface area contributed by atoms with Crippen LogP contribution in [0, 0.1) is 28.8 Å². The van der Waals surface area contributed by atoms with Gasteiger partial charge in [-0.05, 0) is 30.3 Å². The summed E-state index contributed by atoms with van der Waals surface area (Å²) in [5, 5.41) is 11.5. The van der Waals surface area contributed by atoms with Gasteiger partial charge < -0.3 is 5.32 Å². The Hall–Kier alpha value is -2.48. The van der Waals surface area contributed by atoms with Gasteiger partial charge in [0.2, 0.25) is 0 Å². The van der Waals surface area contributed by atoms with Crippen molar-refractivity contribution in [2.24, 2.45) is 0 Å². The highest BCUT2D eigenvalue weighted by Gasteiger charge is 2.06. The molecule has 0 fully saturated rings. The molecule has 0 aliphatic carbocycles. The first-order valence-electron chi connectivity index (χ1n) is 5.01. The molecule has 0 spiro atoms. The van der Waals surface area contributed by atoms with Crippen molar-refractivity contribution in [2.75, 3.05) is 5.32 Å². The molecule has 0 aliphatic rings. The number of nitriles is 1. The Morgan fingerprint density at radius 2 is 1.56 bits per heavy atom. The minimum Gasteiger partial charge on any atom is -0.354 e. The van der Waals surface area contributed by atoms with E-state index in [2.05, 4.69) is 5.32 Å². The van der Waals surface area contributed by atoms with Crippen molar-refractivity contribution in [3.05, 3.63) is 59.4 Å². The highest BCUT2D eigenvalue weighted by Crippen LogP contribution is 2.22. The number of nitrogens with one attached hydrogen (secondary N) is 1. The minimum absolute atomic E-state index is 0.0552. The van der Waals surface area contributed by atoms with E-state index in [0.717, 1.165) is 30.3 Å². The lowest BCUT2D eigenvalue weighted by Gasteiger charge is -2.08. The summed E-state index contributed by atoms with van der Waals surface area (Å²) < 4.78 is 38.8. The first-order valence-corrected chi connectivity index (χ1v) is 5.01. The van der Waals surface area contributed by atoms with Crippen molar-refractivity contribution in [2.45, 2.75) is 0 Å². The van der Waals surface area contributed by atoms with Crippen LogP contribution in [0.3, 0.4) is 0 Å². The Kier molecular flexibility index (Phi) is 3.20. The van der Waals surface area contributed by atoms with Crippen LogP contribution in [-0.4, -0.2) is 0 Å². The molecule has 0 aliphatic heterocycles. The molecule has 0 saturated carbocycles. The number of hydrogen-bond donors (Lipinski definition) is 1. The van der Waals surface area contributed by atoms with Crippen LogP contribution in [-0.2, 0) is 0 Å². The quantitative estimate of drug-likeness (QED) is 0.879. The highest BCUT2D eigenvalue weighted by atomic mass is 19.1. The van der Waals surface area contributed by atoms with Crippen LogP contribution in [0.2, 0.25) is 0 Å². The van der Waals surface area contributed by atoms with Crippen LogP contribution in [0.15, 0.2) is 36.4 Å². The van der Waals surface area contributed by atoms with E-state index in [1.54, 1.807) is 6.07 Å². The number of anilines is 2. The maximum Gasteiger partial charge on any atom is 0.128 e. The lowest BCUT2D eigenvalue weighted by Crippen LogP contribution is -1.96. The van der Waals surface area contributed by atoms with E-state index in [1.165, 1.54) is 6.07 Å². The molecular weight excluding hydrogens is 241 g/mol. The maximum atomic E-state index is 13.0. The van der Waals surface area contributed by atoms with Crippen LogP contribution in [0.25, 0.3) is 0 Å². The second-order valence-corrected chi connectivity index (χ2v) is 3.58. The third-order valence-electron chi connectivity index (χ3n) is 2.24. The molecule has 2 nitrogen and oxygen atoms in total. The van der Waals surface area contributed by atoms with Crippen LogP contribution in [0.1, 0.15) is 5.56 Å². The summed E-state index contributed by atoms with van der Waals surface area (Å²) in [4.78, 5) is 0. The molecule has 0 radical (unpaired) electrons. The van der Waals surface area contributed by atoms with E-state index in [9.17, 15) is 13.2 Å². The van der Waals surface area contributed by atoms with E-state index < -0.39 is 17.5 Å². The molecule has 0 heterocycles. The third-order valence-corrected chi connectivity index (χ3v) is 2.24. The van der Waals surface area contributed by atoms with Gasteiger partial charge >= 0.3 is 0 Å². The standard InChI is InChI=1S/C13H7F3N2/c14-9-1-2-13(8(3-9)7-17)18-12-5-10(15)4-11(16)6-12/h1-6,18H. The predicted molar refractivity (Wildman–Crippen MR) is 60.8 cm³/mol. The summed E-state index contributed by atoms with van der Waals surface area (Å²) in [6.07, 6.45) is 0. The molecule has 0 bridgehead atoms. The molecule has 90 valence electrons. The lowest BCUT2D eigenvalue weighted by atomic mass is 10.2. The van der Waals surface area contributed by atoms with Gasteiger partial charge in [-0.15, -0.1) is 0 Å². The fourth-order valence-corrected chi connectivity index (χ4v) is 1.50. The topological polar surface area (TPSA) is 35.8 Å². The maximum absolute atomic E-state index is 13.0. The van der Waals surface area contributed by atoms with Crippen molar-refractivity contribution >= 4 is 11.4 Å². The molecule has 1 N–H and O–H groups in total. The molecule has 0 aromatic heterocycles. The van der Waals surface area contributed by atoms with Crippen LogP contribution in [0.5, 0.6) is 0 Å². The first-order chi connectivity index (χ1) is 8.58. The SMILES string of the molecule is N#Cc1cc(F)ccc1Nc1cc(F)cc(F)c1. The van der Waals surface area contributed by atoms with Gasteiger partial charge in [0.15, 0.2) is 0 Å². The Balaban J connectivity index is 2.37. The van der Waals surface area contributed by atoms with E-state index in [-0.39, 0.29) is 16.9 Å². The van der Waals surface area contributed by atoms with Gasteiger partial charge in [-0.1, -0.05) is 0 Å². The van der Waals surface area contributed by atoms with Crippen LogP contribution >= 0.6 is 0 Å². The molecule has 2 aromatic rings. The molecule has 5 heteroatoms. The highest BCUT2D eigenvalue weighted by molar-refractivity contribution is 5.66. The van der Waals surface area contributed by atoms with Gasteiger partial charge in [0, 0.05) is 11.8 Å². The fraction of sp³-hybridized carbons (Fsp3) is 0. The minimum atomic E-state index is -0.738. The molecule has 0 saturated heterocycles. The van der Waals surface area contributed by atoms with Crippen LogP contribution < -0.4 is 5.32 Å². The molecule has 18 heavy (non-hydrogen) atoms. The molecule has 0 amide bonds. The Bertz CT molecular complexity index is 612. The van der Waals surface area contributed by atoms with Gasteiger partial charge in [-0.2, -0.15) is 5.26 Å². The monoisotopic (exact) mass is 248 g/mol. The van der Waals surface area contributed by atoms with Crippen molar-refractivity contribution in [3.8, 4) is 6.07 Å². The Labute approximate surface area is 101 Å². The van der Waals surface area contributed by atoms with Gasteiger partial charge in [0.25, 0.3) is 0 Å². The first kappa shape index (κ1) is 12.0. The summed E-state index contributed by atoms with van der Waals surface area (Å²) in [7, 11) is 0. The molecular formula is C13H7F3N2. The zero-order chi connectivity index (χ0) is 13.1. The zero-order valence-corrected chi connectivity index (χ0v) is 9.05. The number of hydrogen-bond acceptors (Lipinski definition) is 2. The predicted octanol–water partition coefficient (Wildman–Crippen LogP) is 3.72. The Morgan fingerprint density at radius 3 is 2.17 bits per heavy atom. The van der Waals surface area contributed by atoms with Crippen molar-refractivity contribution < 1.29 is 13.2 Å². The largest absolute Gasteiger partial charge is 0.354 e. The smallest absolute Gasteiger partial charge is 0.128 e. The van der Waals surface area contributed by atoms with Gasteiger partial charge in [0.1, 0.15) is 23.5 Å². The van der Waals surface area contributed by atoms with Crippen molar-refractivity contribution in [1.29, 1.82) is 5.26 Å². The third kappa shape index (κ3) is 2.61. The number of nitrogens with zero attached hydrogens (tertiary/aromatic N) is 1. The second kappa shape index (κ2) is 4.80. The van der Waals surface area contributed by atoms with Gasteiger partial charge in [-0.3, -0.25) is 0 Å². The Morgan fingerprint density at radius 1 is 0.889 bits per heavy atom. The number of halogens is 3. The van der Waals surface area contributed by atoms with E-state index in [1.807, 2.05) is 0 Å².